The van der Waals surface area contributed by atoms with Gasteiger partial charge in [0.05, 0.1) is 16.8 Å². The zero-order valence-electron chi connectivity index (χ0n) is 12.4. The largest absolute Gasteiger partial charge is 0.478 e. The molecule has 1 aliphatic rings. The number of nitrogens with zero attached hydrogens (tertiary/aromatic N) is 1. The minimum atomic E-state index is -1.12. The summed E-state index contributed by atoms with van der Waals surface area (Å²) in [5.41, 5.74) is 2.40. The summed E-state index contributed by atoms with van der Waals surface area (Å²) in [5, 5.41) is 10.8. The van der Waals surface area contributed by atoms with E-state index < -0.39 is 11.8 Å². The third kappa shape index (κ3) is 2.36. The van der Waals surface area contributed by atoms with E-state index in [0.717, 1.165) is 5.57 Å². The Morgan fingerprint density at radius 2 is 1.96 bits per heavy atom. The van der Waals surface area contributed by atoms with Crippen molar-refractivity contribution in [3.8, 4) is 11.1 Å². The molecule has 1 heterocycles. The Labute approximate surface area is 142 Å². The summed E-state index contributed by atoms with van der Waals surface area (Å²) in [6.07, 6.45) is 2.59. The summed E-state index contributed by atoms with van der Waals surface area (Å²) in [5.74, 6) is -1.60. The highest BCUT2D eigenvalue weighted by Gasteiger charge is 2.27. The first-order chi connectivity index (χ1) is 11.6. The fourth-order valence-electron chi connectivity index (χ4n) is 2.87. The molecule has 0 saturated heterocycles. The van der Waals surface area contributed by atoms with Crippen molar-refractivity contribution in [3.05, 3.63) is 70.6 Å². The number of hydrogen-bond acceptors (Lipinski definition) is 2. The number of carbonyl (C=O) groups is 1. The predicted octanol–water partition coefficient (Wildman–Crippen LogP) is 5.18. The van der Waals surface area contributed by atoms with Crippen LogP contribution in [-0.4, -0.2) is 16.1 Å². The van der Waals surface area contributed by atoms with E-state index in [4.69, 9.17) is 11.6 Å². The molecule has 0 bridgehead atoms. The van der Waals surface area contributed by atoms with E-state index in [2.05, 4.69) is 4.98 Å². The molecule has 1 aliphatic carbocycles. The summed E-state index contributed by atoms with van der Waals surface area (Å²) in [6.45, 7) is 0. The van der Waals surface area contributed by atoms with Gasteiger partial charge in [0.2, 0.25) is 0 Å². The average molecular weight is 340 g/mol. The van der Waals surface area contributed by atoms with Gasteiger partial charge in [-0.2, -0.15) is 0 Å². The van der Waals surface area contributed by atoms with Crippen LogP contribution < -0.4 is 0 Å². The second-order valence-electron chi connectivity index (χ2n) is 5.59. The lowest BCUT2D eigenvalue weighted by Gasteiger charge is -2.14. The molecule has 0 atom stereocenters. The van der Waals surface area contributed by atoms with Gasteiger partial charge >= 0.3 is 5.97 Å². The first-order valence-corrected chi connectivity index (χ1v) is 7.75. The fourth-order valence-corrected chi connectivity index (χ4v) is 3.03. The molecule has 0 spiro atoms. The predicted molar refractivity (Wildman–Crippen MR) is 91.7 cm³/mol. The zero-order chi connectivity index (χ0) is 16.8. The molecule has 24 heavy (non-hydrogen) atoms. The molecule has 0 unspecified atom stereocenters. The number of benzene rings is 2. The Morgan fingerprint density at radius 1 is 1.21 bits per heavy atom. The molecule has 3 nitrogen and oxygen atoms in total. The van der Waals surface area contributed by atoms with E-state index in [1.807, 2.05) is 6.08 Å². The zero-order valence-corrected chi connectivity index (χ0v) is 13.1. The quantitative estimate of drug-likeness (QED) is 0.715. The highest BCUT2D eigenvalue weighted by molar-refractivity contribution is 6.31. The van der Waals surface area contributed by atoms with Gasteiger partial charge in [0.25, 0.3) is 0 Å². The van der Waals surface area contributed by atoms with E-state index >= 15 is 0 Å². The van der Waals surface area contributed by atoms with Gasteiger partial charge < -0.3 is 5.11 Å². The normalized spacial score (nSPS) is 13.0. The van der Waals surface area contributed by atoms with Gasteiger partial charge in [-0.15, -0.1) is 0 Å². The van der Waals surface area contributed by atoms with E-state index in [0.29, 0.717) is 33.6 Å². The molecule has 1 aromatic heterocycles. The number of carboxylic acids is 1. The molecule has 5 heteroatoms. The van der Waals surface area contributed by atoms with Crippen LogP contribution >= 0.6 is 11.6 Å². The highest BCUT2D eigenvalue weighted by atomic mass is 35.5. The molecule has 0 radical (unpaired) electrons. The number of hydrogen-bond donors (Lipinski definition) is 1. The van der Waals surface area contributed by atoms with Crippen LogP contribution in [0.5, 0.6) is 0 Å². The van der Waals surface area contributed by atoms with Crippen molar-refractivity contribution in [2.75, 3.05) is 0 Å². The van der Waals surface area contributed by atoms with Crippen molar-refractivity contribution in [1.29, 1.82) is 0 Å². The maximum Gasteiger partial charge on any atom is 0.338 e. The molecule has 118 valence electrons. The van der Waals surface area contributed by atoms with Crippen LogP contribution in [0, 0.1) is 5.82 Å². The SMILES string of the molecule is O=C(O)c1c(C2=CC2)nc2cc(Cl)ccc2c1-c1ccccc1F. The van der Waals surface area contributed by atoms with Crippen LogP contribution in [0.15, 0.2) is 48.5 Å². The first-order valence-electron chi connectivity index (χ1n) is 7.37. The molecular weight excluding hydrogens is 329 g/mol. The highest BCUT2D eigenvalue weighted by Crippen LogP contribution is 2.41. The van der Waals surface area contributed by atoms with Gasteiger partial charge in [-0.05, 0) is 30.2 Å². The lowest BCUT2D eigenvalue weighted by atomic mass is 9.93. The van der Waals surface area contributed by atoms with Gasteiger partial charge in [-0.1, -0.05) is 41.9 Å². The topological polar surface area (TPSA) is 50.2 Å². The number of rotatable bonds is 3. The van der Waals surface area contributed by atoms with Crippen LogP contribution in [0.3, 0.4) is 0 Å². The molecule has 0 aliphatic heterocycles. The minimum Gasteiger partial charge on any atom is -0.478 e. The molecule has 3 aromatic rings. The lowest BCUT2D eigenvalue weighted by molar-refractivity contribution is 0.0697. The van der Waals surface area contributed by atoms with Crippen molar-refractivity contribution in [2.45, 2.75) is 6.42 Å². The van der Waals surface area contributed by atoms with Crippen LogP contribution in [0.1, 0.15) is 22.5 Å². The number of aromatic carboxylic acids is 1. The van der Waals surface area contributed by atoms with Gasteiger partial charge in [-0.3, -0.25) is 0 Å². The Hall–Kier alpha value is -2.72. The van der Waals surface area contributed by atoms with E-state index in [9.17, 15) is 14.3 Å². The Morgan fingerprint density at radius 3 is 2.62 bits per heavy atom. The van der Waals surface area contributed by atoms with E-state index in [1.54, 1.807) is 36.4 Å². The van der Waals surface area contributed by atoms with Gasteiger partial charge in [0, 0.05) is 21.5 Å². The summed E-state index contributed by atoms with van der Waals surface area (Å²) >= 11 is 6.05. The van der Waals surface area contributed by atoms with Crippen LogP contribution in [0.25, 0.3) is 27.6 Å². The number of fused-ring (bicyclic) bond motifs is 1. The van der Waals surface area contributed by atoms with Gasteiger partial charge in [0.15, 0.2) is 0 Å². The molecule has 0 fully saturated rings. The molecular formula is C19H11ClFNO2. The Kier molecular flexibility index (Phi) is 3.36. The monoisotopic (exact) mass is 339 g/mol. The summed E-state index contributed by atoms with van der Waals surface area (Å²) < 4.78 is 14.4. The maximum absolute atomic E-state index is 14.4. The molecule has 0 saturated carbocycles. The maximum atomic E-state index is 14.4. The van der Waals surface area contributed by atoms with Crippen LogP contribution in [0.2, 0.25) is 5.02 Å². The Balaban J connectivity index is 2.19. The van der Waals surface area contributed by atoms with Gasteiger partial charge in [0.1, 0.15) is 5.82 Å². The number of aromatic nitrogens is 1. The lowest BCUT2D eigenvalue weighted by Crippen LogP contribution is -2.07. The molecule has 1 N–H and O–H groups in total. The second-order valence-corrected chi connectivity index (χ2v) is 6.03. The van der Waals surface area contributed by atoms with Crippen molar-refractivity contribution in [2.24, 2.45) is 0 Å². The Bertz CT molecular complexity index is 1040. The van der Waals surface area contributed by atoms with Crippen molar-refractivity contribution >= 4 is 34.0 Å². The molecule has 2 aromatic carbocycles. The summed E-state index contributed by atoms with van der Waals surface area (Å²) in [4.78, 5) is 16.4. The van der Waals surface area contributed by atoms with Crippen LogP contribution in [-0.2, 0) is 0 Å². The minimum absolute atomic E-state index is 0.0265. The van der Waals surface area contributed by atoms with Crippen LogP contribution in [0.4, 0.5) is 4.39 Å². The number of carboxylic acid groups (broad SMARTS) is 1. The number of halogens is 2. The smallest absolute Gasteiger partial charge is 0.338 e. The summed E-state index contributed by atoms with van der Waals surface area (Å²) in [6, 6.07) is 11.2. The fraction of sp³-hybridized carbons (Fsp3) is 0.0526. The third-order valence-electron chi connectivity index (χ3n) is 4.02. The average Bonchev–Trinajstić information content (AvgIpc) is 3.38. The van der Waals surface area contributed by atoms with Crippen molar-refractivity contribution in [3.63, 3.8) is 0 Å². The van der Waals surface area contributed by atoms with Crippen molar-refractivity contribution < 1.29 is 14.3 Å². The first kappa shape index (κ1) is 14.8. The van der Waals surface area contributed by atoms with Crippen molar-refractivity contribution in [1.82, 2.24) is 4.98 Å². The van der Waals surface area contributed by atoms with Gasteiger partial charge in [-0.25, -0.2) is 14.2 Å². The standard InChI is InChI=1S/C19H11ClFNO2/c20-11-7-8-13-15(9-11)22-18(10-5-6-10)17(19(23)24)16(13)12-3-1-2-4-14(12)21/h1-5,7-9H,6H2,(H,23,24). The second kappa shape index (κ2) is 5.42. The van der Waals surface area contributed by atoms with E-state index in [1.165, 1.54) is 6.07 Å². The molecule has 4 rings (SSSR count). The number of allylic oxidation sites excluding steroid dienone is 2. The third-order valence-corrected chi connectivity index (χ3v) is 4.25. The van der Waals surface area contributed by atoms with E-state index in [-0.39, 0.29) is 11.1 Å². The number of pyridine rings is 1. The molecule has 0 amide bonds. The summed E-state index contributed by atoms with van der Waals surface area (Å²) in [7, 11) is 0.